The first-order chi connectivity index (χ1) is 14.6. The van der Waals surface area contributed by atoms with E-state index in [2.05, 4.69) is 17.4 Å². The summed E-state index contributed by atoms with van der Waals surface area (Å²) in [6.45, 7) is 1.10. The van der Waals surface area contributed by atoms with Crippen molar-refractivity contribution in [2.24, 2.45) is 0 Å². The fraction of sp³-hybridized carbons (Fsp3) is 0.200. The average molecular weight is 402 g/mol. The average Bonchev–Trinajstić information content (AvgIpc) is 3.21. The first kappa shape index (κ1) is 19.8. The highest BCUT2D eigenvalue weighted by atomic mass is 19.1. The Bertz CT molecular complexity index is 1050. The molecular formula is C25H23FN2O2. The highest BCUT2D eigenvalue weighted by molar-refractivity contribution is 6.08. The van der Waals surface area contributed by atoms with Gasteiger partial charge in [0.1, 0.15) is 5.82 Å². The molecule has 152 valence electrons. The molecule has 4 nitrogen and oxygen atoms in total. The Balaban J connectivity index is 1.42. The lowest BCUT2D eigenvalue weighted by atomic mass is 10.0. The second-order valence-corrected chi connectivity index (χ2v) is 7.36. The van der Waals surface area contributed by atoms with Gasteiger partial charge in [-0.1, -0.05) is 36.4 Å². The minimum Gasteiger partial charge on any atom is -0.352 e. The van der Waals surface area contributed by atoms with Crippen molar-refractivity contribution >= 4 is 17.5 Å². The summed E-state index contributed by atoms with van der Waals surface area (Å²) in [4.78, 5) is 27.3. The molecule has 1 aliphatic heterocycles. The molecule has 0 aromatic heterocycles. The molecule has 0 unspecified atom stereocenters. The number of rotatable bonds is 6. The van der Waals surface area contributed by atoms with Crippen molar-refractivity contribution in [3.8, 4) is 0 Å². The molecule has 0 atom stereocenters. The standard InChI is InChI=1S/C25H23FN2O2/c26-20-13-11-19(12-14-20)25(30)28-17-15-21-22(9-4-10-23(21)28)24(29)27-16-5-8-18-6-2-1-3-7-18/h1-4,6-7,9-14H,5,8,15-17H2,(H,27,29). The molecule has 0 spiro atoms. The molecule has 5 heteroatoms. The molecule has 3 aromatic rings. The van der Waals surface area contributed by atoms with E-state index in [1.807, 2.05) is 24.3 Å². The van der Waals surface area contributed by atoms with Crippen molar-refractivity contribution < 1.29 is 14.0 Å². The van der Waals surface area contributed by atoms with Gasteiger partial charge in [0, 0.05) is 29.9 Å². The van der Waals surface area contributed by atoms with Crippen LogP contribution in [0.25, 0.3) is 0 Å². The van der Waals surface area contributed by atoms with Crippen LogP contribution in [0.5, 0.6) is 0 Å². The first-order valence-corrected chi connectivity index (χ1v) is 10.1. The SMILES string of the molecule is O=C(NCCCc1ccccc1)c1cccc2c1CCN2C(=O)c1ccc(F)cc1. The highest BCUT2D eigenvalue weighted by Gasteiger charge is 2.28. The number of nitrogens with zero attached hydrogens (tertiary/aromatic N) is 1. The lowest BCUT2D eigenvalue weighted by Gasteiger charge is -2.18. The Morgan fingerprint density at radius 3 is 2.47 bits per heavy atom. The van der Waals surface area contributed by atoms with Crippen LogP contribution in [0, 0.1) is 5.82 Å². The lowest BCUT2D eigenvalue weighted by molar-refractivity contribution is 0.0950. The molecule has 1 heterocycles. The fourth-order valence-corrected chi connectivity index (χ4v) is 3.84. The van der Waals surface area contributed by atoms with Gasteiger partial charge in [-0.05, 0) is 66.8 Å². The van der Waals surface area contributed by atoms with E-state index >= 15 is 0 Å². The first-order valence-electron chi connectivity index (χ1n) is 10.1. The number of aryl methyl sites for hydroxylation is 1. The summed E-state index contributed by atoms with van der Waals surface area (Å²) in [5.74, 6) is -0.676. The van der Waals surface area contributed by atoms with Crippen molar-refractivity contribution in [3.63, 3.8) is 0 Å². The third-order valence-electron chi connectivity index (χ3n) is 5.38. The number of nitrogens with one attached hydrogen (secondary N) is 1. The van der Waals surface area contributed by atoms with Crippen LogP contribution >= 0.6 is 0 Å². The second kappa shape index (κ2) is 8.91. The fourth-order valence-electron chi connectivity index (χ4n) is 3.84. The topological polar surface area (TPSA) is 49.4 Å². The molecule has 0 radical (unpaired) electrons. The van der Waals surface area contributed by atoms with Crippen LogP contribution in [-0.2, 0) is 12.8 Å². The minimum absolute atomic E-state index is 0.115. The van der Waals surface area contributed by atoms with Crippen LogP contribution in [0.1, 0.15) is 38.3 Å². The number of benzene rings is 3. The molecule has 3 aromatic carbocycles. The molecule has 0 bridgehead atoms. The Morgan fingerprint density at radius 2 is 1.70 bits per heavy atom. The van der Waals surface area contributed by atoms with Gasteiger partial charge in [0.25, 0.3) is 11.8 Å². The Labute approximate surface area is 175 Å². The maximum atomic E-state index is 13.2. The quantitative estimate of drug-likeness (QED) is 0.622. The zero-order chi connectivity index (χ0) is 20.9. The van der Waals surface area contributed by atoms with E-state index < -0.39 is 0 Å². The summed E-state index contributed by atoms with van der Waals surface area (Å²) < 4.78 is 13.2. The lowest BCUT2D eigenvalue weighted by Crippen LogP contribution is -2.29. The van der Waals surface area contributed by atoms with Gasteiger partial charge in [-0.25, -0.2) is 4.39 Å². The van der Waals surface area contributed by atoms with E-state index in [9.17, 15) is 14.0 Å². The van der Waals surface area contributed by atoms with Gasteiger partial charge in [-0.2, -0.15) is 0 Å². The van der Waals surface area contributed by atoms with Crippen LogP contribution < -0.4 is 10.2 Å². The van der Waals surface area contributed by atoms with Crippen LogP contribution in [0.3, 0.4) is 0 Å². The van der Waals surface area contributed by atoms with Crippen molar-refractivity contribution in [3.05, 3.63) is 101 Å². The van der Waals surface area contributed by atoms with E-state index in [0.717, 1.165) is 24.1 Å². The van der Waals surface area contributed by atoms with E-state index in [1.165, 1.54) is 29.8 Å². The Hall–Kier alpha value is -3.47. The maximum absolute atomic E-state index is 13.2. The number of amides is 2. The summed E-state index contributed by atoms with van der Waals surface area (Å²) >= 11 is 0. The number of anilines is 1. The van der Waals surface area contributed by atoms with Crippen molar-refractivity contribution in [2.75, 3.05) is 18.0 Å². The number of hydrogen-bond acceptors (Lipinski definition) is 2. The van der Waals surface area contributed by atoms with Gasteiger partial charge in [0.15, 0.2) is 0 Å². The molecule has 0 fully saturated rings. The van der Waals surface area contributed by atoms with Crippen LogP contribution in [0.4, 0.5) is 10.1 Å². The van der Waals surface area contributed by atoms with E-state index in [4.69, 9.17) is 0 Å². The molecule has 2 amide bonds. The van der Waals surface area contributed by atoms with Gasteiger partial charge in [-0.3, -0.25) is 9.59 Å². The van der Waals surface area contributed by atoms with Gasteiger partial charge in [0.2, 0.25) is 0 Å². The van der Waals surface area contributed by atoms with Crippen LogP contribution in [0.2, 0.25) is 0 Å². The molecule has 4 rings (SSSR count). The third-order valence-corrected chi connectivity index (χ3v) is 5.38. The summed E-state index contributed by atoms with van der Waals surface area (Å²) in [6, 6.07) is 21.2. The monoisotopic (exact) mass is 402 g/mol. The summed E-state index contributed by atoms with van der Waals surface area (Å²) in [6.07, 6.45) is 2.39. The summed E-state index contributed by atoms with van der Waals surface area (Å²) in [7, 11) is 0. The van der Waals surface area contributed by atoms with Crippen LogP contribution in [-0.4, -0.2) is 24.9 Å². The molecule has 0 aliphatic carbocycles. The van der Waals surface area contributed by atoms with Crippen molar-refractivity contribution in [1.82, 2.24) is 5.32 Å². The smallest absolute Gasteiger partial charge is 0.258 e. The predicted octanol–water partition coefficient (Wildman–Crippen LogP) is 4.39. The largest absolute Gasteiger partial charge is 0.352 e. The van der Waals surface area contributed by atoms with E-state index in [1.54, 1.807) is 17.0 Å². The summed E-state index contributed by atoms with van der Waals surface area (Å²) in [5.41, 5.74) is 3.93. The number of hydrogen-bond donors (Lipinski definition) is 1. The second-order valence-electron chi connectivity index (χ2n) is 7.36. The maximum Gasteiger partial charge on any atom is 0.258 e. The summed E-state index contributed by atoms with van der Waals surface area (Å²) in [5, 5.41) is 3.00. The van der Waals surface area contributed by atoms with E-state index in [-0.39, 0.29) is 17.6 Å². The molecular weight excluding hydrogens is 379 g/mol. The number of fused-ring (bicyclic) bond motifs is 1. The zero-order valence-corrected chi connectivity index (χ0v) is 16.6. The van der Waals surface area contributed by atoms with Gasteiger partial charge >= 0.3 is 0 Å². The molecule has 0 saturated heterocycles. The van der Waals surface area contributed by atoms with Crippen LogP contribution in [0.15, 0.2) is 72.8 Å². The molecule has 1 N–H and O–H groups in total. The van der Waals surface area contributed by atoms with Crippen molar-refractivity contribution in [2.45, 2.75) is 19.3 Å². The van der Waals surface area contributed by atoms with Crippen molar-refractivity contribution in [1.29, 1.82) is 0 Å². The zero-order valence-electron chi connectivity index (χ0n) is 16.6. The number of halogens is 1. The number of carbonyl (C=O) groups excluding carboxylic acids is 2. The minimum atomic E-state index is -0.375. The normalized spacial score (nSPS) is 12.5. The third kappa shape index (κ3) is 4.25. The Morgan fingerprint density at radius 1 is 0.933 bits per heavy atom. The van der Waals surface area contributed by atoms with Gasteiger partial charge in [-0.15, -0.1) is 0 Å². The van der Waals surface area contributed by atoms with Gasteiger partial charge in [0.05, 0.1) is 0 Å². The van der Waals surface area contributed by atoms with Gasteiger partial charge < -0.3 is 10.2 Å². The Kier molecular flexibility index (Phi) is 5.89. The molecule has 0 saturated carbocycles. The molecule has 1 aliphatic rings. The highest BCUT2D eigenvalue weighted by Crippen LogP contribution is 2.32. The van der Waals surface area contributed by atoms with E-state index in [0.29, 0.717) is 30.6 Å². The predicted molar refractivity (Wildman–Crippen MR) is 115 cm³/mol. The number of carbonyl (C=O) groups is 2. The molecule has 30 heavy (non-hydrogen) atoms.